The van der Waals surface area contributed by atoms with Crippen LogP contribution in [0.4, 0.5) is 21.7 Å². The number of aromatic nitrogens is 2. The second-order valence-corrected chi connectivity index (χ2v) is 7.96. The number of nitrogens with one attached hydrogen (secondary N) is 2. The minimum Gasteiger partial charge on any atom is -0.455 e. The number of amides is 1. The van der Waals surface area contributed by atoms with E-state index < -0.39 is 11.7 Å². The van der Waals surface area contributed by atoms with Gasteiger partial charge in [0.25, 0.3) is 5.91 Å². The lowest BCUT2D eigenvalue weighted by molar-refractivity contribution is 0.0932. The van der Waals surface area contributed by atoms with Crippen LogP contribution in [0.1, 0.15) is 21.5 Å². The molecule has 10 heteroatoms. The van der Waals surface area contributed by atoms with E-state index in [1.807, 2.05) is 0 Å². The van der Waals surface area contributed by atoms with E-state index in [1.165, 1.54) is 17.2 Å². The summed E-state index contributed by atoms with van der Waals surface area (Å²) in [5, 5.41) is 6.78. The van der Waals surface area contributed by atoms with Crippen LogP contribution in [0.15, 0.2) is 36.5 Å². The molecule has 0 aliphatic carbocycles. The van der Waals surface area contributed by atoms with Gasteiger partial charge in [0, 0.05) is 12.7 Å². The quantitative estimate of drug-likeness (QED) is 0.607. The van der Waals surface area contributed by atoms with Gasteiger partial charge in [-0.1, -0.05) is 29.3 Å². The summed E-state index contributed by atoms with van der Waals surface area (Å²) in [6, 6.07) is 8.23. The molecule has 7 nitrogen and oxygen atoms in total. The van der Waals surface area contributed by atoms with Gasteiger partial charge in [0.2, 0.25) is 11.8 Å². The van der Waals surface area contributed by atoms with Crippen LogP contribution in [0.5, 0.6) is 5.88 Å². The zero-order valence-corrected chi connectivity index (χ0v) is 17.6. The highest BCUT2D eigenvalue weighted by atomic mass is 35.5. The van der Waals surface area contributed by atoms with Crippen LogP contribution in [0.3, 0.4) is 0 Å². The van der Waals surface area contributed by atoms with E-state index in [4.69, 9.17) is 27.9 Å². The lowest BCUT2D eigenvalue weighted by Gasteiger charge is -2.29. The highest BCUT2D eigenvalue weighted by molar-refractivity contribution is 6.40. The minimum absolute atomic E-state index is 0.0990. The monoisotopic (exact) mass is 459 g/mol. The predicted molar refractivity (Wildman–Crippen MR) is 116 cm³/mol. The van der Waals surface area contributed by atoms with Crippen molar-refractivity contribution in [2.45, 2.75) is 13.0 Å². The maximum atomic E-state index is 14.5. The summed E-state index contributed by atoms with van der Waals surface area (Å²) in [5.74, 6) is -0.562. The van der Waals surface area contributed by atoms with Crippen molar-refractivity contribution in [2.75, 3.05) is 23.5 Å². The predicted octanol–water partition coefficient (Wildman–Crippen LogP) is 4.31. The lowest BCUT2D eigenvalue weighted by atomic mass is 10.00. The Morgan fingerprint density at radius 1 is 1.19 bits per heavy atom. The molecule has 2 N–H and O–H groups in total. The number of halogens is 3. The number of nitrogens with zero attached hydrogens (tertiary/aromatic N) is 3. The molecule has 158 valence electrons. The van der Waals surface area contributed by atoms with Gasteiger partial charge in [-0.25, -0.2) is 9.37 Å². The molecule has 2 aliphatic heterocycles. The number of carbonyl (C=O) groups is 1. The molecule has 0 radical (unpaired) electrons. The van der Waals surface area contributed by atoms with Crippen molar-refractivity contribution in [1.29, 1.82) is 0 Å². The van der Waals surface area contributed by atoms with Crippen LogP contribution in [-0.2, 0) is 13.0 Å². The van der Waals surface area contributed by atoms with E-state index in [0.29, 0.717) is 22.3 Å². The third kappa shape index (κ3) is 3.67. The average molecular weight is 460 g/mol. The highest BCUT2D eigenvalue weighted by Crippen LogP contribution is 2.37. The Morgan fingerprint density at radius 3 is 2.81 bits per heavy atom. The Balaban J connectivity index is 1.42. The molecule has 0 saturated carbocycles. The number of fused-ring (bicyclic) bond motifs is 2. The van der Waals surface area contributed by atoms with Gasteiger partial charge in [-0.05, 0) is 48.4 Å². The van der Waals surface area contributed by atoms with Crippen LogP contribution in [0, 0.1) is 5.82 Å². The van der Waals surface area contributed by atoms with Crippen LogP contribution < -0.4 is 20.3 Å². The summed E-state index contributed by atoms with van der Waals surface area (Å²) < 4.78 is 20.2. The van der Waals surface area contributed by atoms with Crippen LogP contribution in [-0.4, -0.2) is 29.2 Å². The van der Waals surface area contributed by atoms with Gasteiger partial charge < -0.3 is 15.4 Å². The van der Waals surface area contributed by atoms with Gasteiger partial charge in [-0.3, -0.25) is 9.69 Å². The Morgan fingerprint density at radius 2 is 2.00 bits per heavy atom. The molecule has 0 spiro atoms. The average Bonchev–Trinajstić information content (AvgIpc) is 2.75. The van der Waals surface area contributed by atoms with E-state index in [1.54, 1.807) is 24.3 Å². The van der Waals surface area contributed by atoms with E-state index in [2.05, 4.69) is 20.6 Å². The maximum absolute atomic E-state index is 14.5. The number of para-hydroxylation sites is 1. The van der Waals surface area contributed by atoms with E-state index in [-0.39, 0.29) is 29.8 Å². The van der Waals surface area contributed by atoms with Crippen molar-refractivity contribution in [3.63, 3.8) is 0 Å². The molecular formula is C21H16Cl2FN5O2. The minimum atomic E-state index is -0.395. The van der Waals surface area contributed by atoms with E-state index in [0.717, 1.165) is 24.1 Å². The fourth-order valence-electron chi connectivity index (χ4n) is 3.64. The van der Waals surface area contributed by atoms with Crippen molar-refractivity contribution in [1.82, 2.24) is 15.3 Å². The van der Waals surface area contributed by atoms with Crippen LogP contribution in [0.25, 0.3) is 0 Å². The molecule has 2 aliphatic rings. The number of carbonyl (C=O) groups excluding carboxylic acids is 1. The van der Waals surface area contributed by atoms with Gasteiger partial charge in [0.05, 0.1) is 21.4 Å². The smallest absolute Gasteiger partial charge is 0.268 e. The molecule has 1 amide bonds. The summed E-state index contributed by atoms with van der Waals surface area (Å²) in [6.07, 6.45) is 2.12. The molecule has 0 atom stereocenters. The van der Waals surface area contributed by atoms with Crippen molar-refractivity contribution >= 4 is 46.4 Å². The molecular weight excluding hydrogens is 444 g/mol. The van der Waals surface area contributed by atoms with Crippen molar-refractivity contribution in [3.05, 3.63) is 69.1 Å². The summed E-state index contributed by atoms with van der Waals surface area (Å²) in [5.41, 5.74) is 2.78. The zero-order valence-electron chi connectivity index (χ0n) is 16.1. The first-order valence-corrected chi connectivity index (χ1v) is 10.3. The number of benzene rings is 2. The first-order chi connectivity index (χ1) is 15.0. The molecule has 2 aromatic carbocycles. The highest BCUT2D eigenvalue weighted by Gasteiger charge is 2.31. The SMILES string of the molecule is O=C1c2cnc(Nc3cc4c(cc3F)CCNC4)nc2OCN1c1c(Cl)cccc1Cl. The molecule has 0 unspecified atom stereocenters. The van der Waals surface area contributed by atoms with Crippen LogP contribution in [0.2, 0.25) is 10.0 Å². The zero-order chi connectivity index (χ0) is 21.5. The second-order valence-electron chi connectivity index (χ2n) is 7.14. The van der Waals surface area contributed by atoms with Gasteiger partial charge in [0.15, 0.2) is 6.73 Å². The number of rotatable bonds is 3. The topological polar surface area (TPSA) is 79.4 Å². The summed E-state index contributed by atoms with van der Waals surface area (Å²) in [6.45, 7) is 1.38. The van der Waals surface area contributed by atoms with Gasteiger partial charge >= 0.3 is 0 Å². The molecule has 0 saturated heterocycles. The van der Waals surface area contributed by atoms with Crippen LogP contribution >= 0.6 is 23.2 Å². The van der Waals surface area contributed by atoms with Gasteiger partial charge in [0.1, 0.15) is 11.4 Å². The Labute approximate surface area is 187 Å². The van der Waals surface area contributed by atoms with Gasteiger partial charge in [-0.2, -0.15) is 4.98 Å². The van der Waals surface area contributed by atoms with Crippen molar-refractivity contribution < 1.29 is 13.9 Å². The molecule has 0 fully saturated rings. The Hall–Kier alpha value is -2.94. The molecule has 0 bridgehead atoms. The first-order valence-electron chi connectivity index (χ1n) is 9.56. The second kappa shape index (κ2) is 7.96. The van der Waals surface area contributed by atoms with Gasteiger partial charge in [-0.15, -0.1) is 0 Å². The molecule has 31 heavy (non-hydrogen) atoms. The first kappa shape index (κ1) is 20.0. The fourth-order valence-corrected chi connectivity index (χ4v) is 4.25. The lowest BCUT2D eigenvalue weighted by Crippen LogP contribution is -2.39. The van der Waals surface area contributed by atoms with Crippen molar-refractivity contribution in [2.24, 2.45) is 0 Å². The van der Waals surface area contributed by atoms with E-state index in [9.17, 15) is 9.18 Å². The Bertz CT molecular complexity index is 1190. The molecule has 5 rings (SSSR count). The maximum Gasteiger partial charge on any atom is 0.268 e. The fraction of sp³-hybridized carbons (Fsp3) is 0.190. The number of anilines is 3. The third-order valence-corrected chi connectivity index (χ3v) is 5.80. The summed E-state index contributed by atoms with van der Waals surface area (Å²) >= 11 is 12.4. The largest absolute Gasteiger partial charge is 0.455 e. The summed E-state index contributed by atoms with van der Waals surface area (Å²) in [7, 11) is 0. The third-order valence-electron chi connectivity index (χ3n) is 5.19. The molecule has 1 aromatic heterocycles. The molecule has 3 heterocycles. The molecule has 3 aromatic rings. The number of hydrogen-bond acceptors (Lipinski definition) is 6. The van der Waals surface area contributed by atoms with E-state index >= 15 is 0 Å². The van der Waals surface area contributed by atoms with Crippen molar-refractivity contribution in [3.8, 4) is 5.88 Å². The normalized spacial score (nSPS) is 15.2. The summed E-state index contributed by atoms with van der Waals surface area (Å²) in [4.78, 5) is 22.7. The Kier molecular flexibility index (Phi) is 5.13. The number of hydrogen-bond donors (Lipinski definition) is 2. The number of ether oxygens (including phenoxy) is 1. The standard InChI is InChI=1S/C21H16Cl2FN5O2/c22-14-2-1-3-15(23)18(14)29-10-31-19-13(20(29)30)9-26-21(28-19)27-17-7-12-8-25-5-4-11(12)6-16(17)24/h1-3,6-7,9,25H,4-5,8,10H2,(H,26,27,28).